The minimum Gasteiger partial charge on any atom is -0.438 e. The molecule has 0 radical (unpaired) electrons. The Labute approximate surface area is 215 Å². The fourth-order valence-corrected chi connectivity index (χ4v) is 3.56. The number of hydrogen-bond acceptors (Lipinski definition) is 6. The van der Waals surface area contributed by atoms with Crippen LogP contribution < -0.4 is 21.0 Å². The van der Waals surface area contributed by atoms with Gasteiger partial charge in [-0.25, -0.2) is 23.0 Å². The van der Waals surface area contributed by atoms with E-state index in [1.165, 1.54) is 24.3 Å². The highest BCUT2D eigenvalue weighted by Gasteiger charge is 2.32. The number of ether oxygens (including phenoxy) is 1. The number of benzene rings is 2. The molecule has 0 saturated carbocycles. The molecule has 1 amide bonds. The number of aliphatic imine (C=N–C) groups is 1. The Balaban J connectivity index is 1.43. The highest BCUT2D eigenvalue weighted by atomic mass is 32.1. The molecule has 0 bridgehead atoms. The van der Waals surface area contributed by atoms with Gasteiger partial charge in [-0.15, -0.1) is 0 Å². The van der Waals surface area contributed by atoms with Crippen LogP contribution in [0.2, 0.25) is 0 Å². The fraction of sp³-hybridized carbons (Fsp3) is 0.154. The molecular formula is C26H21F3N4O3S. The van der Waals surface area contributed by atoms with Crippen LogP contribution in [0.5, 0.6) is 0 Å². The van der Waals surface area contributed by atoms with Crippen molar-refractivity contribution < 1.29 is 22.7 Å². The summed E-state index contributed by atoms with van der Waals surface area (Å²) in [7, 11) is 0. The summed E-state index contributed by atoms with van der Waals surface area (Å²) in [5, 5.41) is 6.02. The van der Waals surface area contributed by atoms with E-state index in [9.17, 15) is 22.8 Å². The second kappa shape index (κ2) is 11.7. The molecule has 37 heavy (non-hydrogen) atoms. The number of thiocarbonyl (C=S) groups is 1. The van der Waals surface area contributed by atoms with Crippen LogP contribution >= 0.6 is 12.2 Å². The number of cyclic esters (lactones) is 1. The van der Waals surface area contributed by atoms with Crippen molar-refractivity contribution in [1.29, 1.82) is 0 Å². The first-order valence-corrected chi connectivity index (χ1v) is 11.5. The average Bonchev–Trinajstić information content (AvgIpc) is 3.17. The number of alkyl halides is 2. The molecule has 3 aromatic rings. The Hall–Kier alpha value is -4.25. The van der Waals surface area contributed by atoms with Crippen molar-refractivity contribution in [2.45, 2.75) is 19.1 Å². The number of carbonyl (C=O) groups excluding carboxylic acids is 1. The molecule has 11 heteroatoms. The SMILES string of the molecule is O=C1OC(C=NC(=S)C(F)F)CN1c1ccc(Nc2ccc(NCc3ccccc3)c(=O)cc2)c(F)c1. The molecule has 0 spiro atoms. The maximum atomic E-state index is 14.9. The molecule has 1 atom stereocenters. The van der Waals surface area contributed by atoms with E-state index in [4.69, 9.17) is 4.74 Å². The highest BCUT2D eigenvalue weighted by Crippen LogP contribution is 2.27. The predicted molar refractivity (Wildman–Crippen MR) is 141 cm³/mol. The van der Waals surface area contributed by atoms with Gasteiger partial charge in [0.05, 0.1) is 23.6 Å². The van der Waals surface area contributed by atoms with Crippen LogP contribution in [0.3, 0.4) is 0 Å². The zero-order chi connectivity index (χ0) is 26.4. The summed E-state index contributed by atoms with van der Waals surface area (Å²) >= 11 is 4.42. The van der Waals surface area contributed by atoms with E-state index in [2.05, 4.69) is 27.8 Å². The van der Waals surface area contributed by atoms with Crippen molar-refractivity contribution in [3.05, 3.63) is 94.4 Å². The standard InChI is InChI=1S/C26H21F3N4O3S/c27-20-12-18(33-15-19(36-26(33)35)14-31-25(37)24(28)29)8-10-21(20)32-17-6-9-22(23(34)11-7-17)30-13-16-4-2-1-3-5-16/h1-12,14,19,24,32H,13,15H2,(H,30,34). The third-order valence-corrected chi connectivity index (χ3v) is 5.65. The Morgan fingerprint density at radius 1 is 1.08 bits per heavy atom. The summed E-state index contributed by atoms with van der Waals surface area (Å²) in [4.78, 5) is 28.4. The third kappa shape index (κ3) is 6.70. The quantitative estimate of drug-likeness (QED) is 0.297. The number of nitrogens with zero attached hydrogens (tertiary/aromatic N) is 2. The van der Waals surface area contributed by atoms with Gasteiger partial charge in [-0.1, -0.05) is 42.5 Å². The molecule has 1 saturated heterocycles. The van der Waals surface area contributed by atoms with Crippen LogP contribution in [0.25, 0.3) is 0 Å². The van der Waals surface area contributed by atoms with E-state index in [1.807, 2.05) is 30.3 Å². The van der Waals surface area contributed by atoms with Gasteiger partial charge < -0.3 is 15.4 Å². The zero-order valence-electron chi connectivity index (χ0n) is 19.2. The topological polar surface area (TPSA) is 83.0 Å². The van der Waals surface area contributed by atoms with Crippen LogP contribution in [0, 0.1) is 5.82 Å². The van der Waals surface area contributed by atoms with Crippen LogP contribution in [0.15, 0.2) is 82.6 Å². The molecule has 1 heterocycles. The molecule has 1 aliphatic heterocycles. The third-order valence-electron chi connectivity index (χ3n) is 5.37. The first kappa shape index (κ1) is 25.8. The second-order valence-electron chi connectivity index (χ2n) is 7.98. The molecule has 1 fully saturated rings. The van der Waals surface area contributed by atoms with E-state index in [0.717, 1.165) is 22.7 Å². The maximum Gasteiger partial charge on any atom is 0.415 e. The van der Waals surface area contributed by atoms with Gasteiger partial charge in [0, 0.05) is 18.4 Å². The number of amides is 1. The number of nitrogens with one attached hydrogen (secondary N) is 2. The lowest BCUT2D eigenvalue weighted by Gasteiger charge is -2.14. The van der Waals surface area contributed by atoms with Gasteiger partial charge in [0.15, 0.2) is 11.1 Å². The summed E-state index contributed by atoms with van der Waals surface area (Å²) in [6, 6.07) is 19.9. The predicted octanol–water partition coefficient (Wildman–Crippen LogP) is 5.53. The first-order valence-electron chi connectivity index (χ1n) is 11.1. The minimum atomic E-state index is -2.89. The molecule has 2 N–H and O–H groups in total. The maximum absolute atomic E-state index is 14.9. The van der Waals surface area contributed by atoms with Crippen LogP contribution in [-0.4, -0.2) is 36.4 Å². The van der Waals surface area contributed by atoms with Gasteiger partial charge in [0.25, 0.3) is 6.43 Å². The number of anilines is 4. The fourth-order valence-electron chi connectivity index (χ4n) is 3.50. The van der Waals surface area contributed by atoms with Gasteiger partial charge in [-0.05, 0) is 48.0 Å². The minimum absolute atomic E-state index is 0.0417. The zero-order valence-corrected chi connectivity index (χ0v) is 20.1. The molecule has 0 aliphatic carbocycles. The van der Waals surface area contributed by atoms with Gasteiger partial charge in [0.2, 0.25) is 5.43 Å². The molecule has 0 aromatic heterocycles. The van der Waals surface area contributed by atoms with Gasteiger partial charge in [-0.3, -0.25) is 9.69 Å². The van der Waals surface area contributed by atoms with Crippen molar-refractivity contribution in [1.82, 2.24) is 0 Å². The van der Waals surface area contributed by atoms with Crippen molar-refractivity contribution in [3.8, 4) is 0 Å². The average molecular weight is 527 g/mol. The molecule has 1 unspecified atom stereocenters. The van der Waals surface area contributed by atoms with Crippen molar-refractivity contribution >= 4 is 52.3 Å². The largest absolute Gasteiger partial charge is 0.438 e. The second-order valence-corrected chi connectivity index (χ2v) is 8.40. The summed E-state index contributed by atoms with van der Waals surface area (Å²) in [6.45, 7) is 0.434. The van der Waals surface area contributed by atoms with Gasteiger partial charge in [0.1, 0.15) is 5.82 Å². The lowest BCUT2D eigenvalue weighted by molar-refractivity contribution is 0.167. The Bertz CT molecular complexity index is 1390. The summed E-state index contributed by atoms with van der Waals surface area (Å²) in [5.41, 5.74) is 2.00. The lowest BCUT2D eigenvalue weighted by atomic mass is 10.2. The van der Waals surface area contributed by atoms with E-state index in [-0.39, 0.29) is 23.3 Å². The van der Waals surface area contributed by atoms with E-state index < -0.39 is 29.4 Å². The molecular weight excluding hydrogens is 505 g/mol. The molecule has 3 aromatic carbocycles. The van der Waals surface area contributed by atoms with E-state index >= 15 is 0 Å². The molecule has 7 nitrogen and oxygen atoms in total. The Morgan fingerprint density at radius 2 is 1.81 bits per heavy atom. The number of hydrogen-bond donors (Lipinski definition) is 2. The number of halogens is 3. The summed E-state index contributed by atoms with van der Waals surface area (Å²) in [5.74, 6) is -0.655. The van der Waals surface area contributed by atoms with Gasteiger partial charge in [-0.2, -0.15) is 0 Å². The summed E-state index contributed by atoms with van der Waals surface area (Å²) in [6.07, 6.45) is -3.53. The van der Waals surface area contributed by atoms with E-state index in [0.29, 0.717) is 17.9 Å². The molecule has 190 valence electrons. The normalized spacial score (nSPS) is 15.2. The first-order chi connectivity index (χ1) is 17.8. The van der Waals surface area contributed by atoms with Crippen molar-refractivity contribution in [3.63, 3.8) is 0 Å². The smallest absolute Gasteiger partial charge is 0.415 e. The Morgan fingerprint density at radius 3 is 2.54 bits per heavy atom. The monoisotopic (exact) mass is 526 g/mol. The van der Waals surface area contributed by atoms with E-state index in [1.54, 1.807) is 12.1 Å². The van der Waals surface area contributed by atoms with Crippen molar-refractivity contribution in [2.75, 3.05) is 22.1 Å². The molecule has 1 aliphatic rings. The van der Waals surface area contributed by atoms with Gasteiger partial charge >= 0.3 is 6.09 Å². The Kier molecular flexibility index (Phi) is 8.14. The summed E-state index contributed by atoms with van der Waals surface area (Å²) < 4.78 is 44.9. The van der Waals surface area contributed by atoms with Crippen molar-refractivity contribution in [2.24, 2.45) is 4.99 Å². The molecule has 4 rings (SSSR count). The number of rotatable bonds is 8. The highest BCUT2D eigenvalue weighted by molar-refractivity contribution is 7.80. The lowest BCUT2D eigenvalue weighted by Crippen LogP contribution is -2.25. The van der Waals surface area contributed by atoms with Crippen LogP contribution in [0.1, 0.15) is 5.56 Å². The number of carbonyl (C=O) groups is 1. The van der Waals surface area contributed by atoms with Crippen LogP contribution in [0.4, 0.5) is 40.7 Å². The van der Waals surface area contributed by atoms with Crippen LogP contribution in [-0.2, 0) is 11.3 Å².